The normalized spacial score (nSPS) is 14.4. The molecule has 0 saturated heterocycles. The molecule has 0 amide bonds. The SMILES string of the molecule is CCCCCC/C=C\C=C/CCCCCCCC(=O)O[C@H](COC(=O)CCCCCCCCCCCCCCC(C)C)COP(=O)(O)OC[C@@H](O)COP(=O)(O)OC[C@@H](COC(=O)CCCCCCCCC(C)CC)OC(=O)CCCCCCCCCCCCCCCCCCCCC(C)C. The van der Waals surface area contributed by atoms with Crippen LogP contribution in [-0.2, 0) is 65.4 Å². The predicted molar refractivity (Wildman–Crippen MR) is 414 cm³/mol. The molecule has 0 radical (unpaired) electrons. The molecule has 0 rings (SSSR count). The van der Waals surface area contributed by atoms with E-state index in [1.54, 1.807) is 0 Å². The van der Waals surface area contributed by atoms with E-state index in [2.05, 4.69) is 72.8 Å². The van der Waals surface area contributed by atoms with E-state index in [-0.39, 0.29) is 25.7 Å². The van der Waals surface area contributed by atoms with Crippen LogP contribution in [0.4, 0.5) is 0 Å². The largest absolute Gasteiger partial charge is 0.472 e. The van der Waals surface area contributed by atoms with Crippen molar-refractivity contribution in [1.29, 1.82) is 0 Å². The zero-order chi connectivity index (χ0) is 74.4. The van der Waals surface area contributed by atoms with E-state index in [9.17, 15) is 43.2 Å². The Morgan fingerprint density at radius 2 is 0.584 bits per heavy atom. The predicted octanol–water partition coefficient (Wildman–Crippen LogP) is 24.1. The monoisotopic (exact) mass is 1480 g/mol. The zero-order valence-corrected chi connectivity index (χ0v) is 67.6. The van der Waals surface area contributed by atoms with Gasteiger partial charge in [0.2, 0.25) is 0 Å². The van der Waals surface area contributed by atoms with Crippen molar-refractivity contribution < 1.29 is 80.2 Å². The standard InChI is InChI=1S/C82H156O17P2/c1-8-10-11-12-13-14-15-16-21-25-32-37-42-51-58-65-81(86)98-77(69-92-79(84)63-56-49-41-36-31-28-27-30-35-40-47-54-61-74(5)6)71-96-100(88,89)94-67-76(83)68-95-101(90,91)97-72-78(70-93-80(85)64-57-50-45-44-48-55-62-75(7)9-2)99-82(87)66-59-52-43-38-33-26-23-20-18-17-19-22-24-29-34-39-46-53-60-73(3)4/h14-16,21,73-78,83H,8-13,17-20,22-72H2,1-7H3,(H,88,89)(H,90,91)/b15-14-,21-16-/t75?,76-,77-,78-/m1/s1. The van der Waals surface area contributed by atoms with Crippen molar-refractivity contribution in [1.82, 2.24) is 0 Å². The van der Waals surface area contributed by atoms with Crippen LogP contribution >= 0.6 is 15.6 Å². The average Bonchev–Trinajstić information content (AvgIpc) is 0.916. The first-order valence-electron chi connectivity index (χ1n) is 41.7. The molecule has 19 heteroatoms. The van der Waals surface area contributed by atoms with Crippen LogP contribution < -0.4 is 0 Å². The first-order valence-corrected chi connectivity index (χ1v) is 44.7. The van der Waals surface area contributed by atoms with Crippen LogP contribution in [0.25, 0.3) is 0 Å². The van der Waals surface area contributed by atoms with E-state index in [1.807, 2.05) is 0 Å². The lowest BCUT2D eigenvalue weighted by atomic mass is 10.00. The minimum atomic E-state index is -4.97. The summed E-state index contributed by atoms with van der Waals surface area (Å²) in [7, 11) is -9.93. The van der Waals surface area contributed by atoms with Gasteiger partial charge in [0, 0.05) is 25.7 Å². The number of ether oxygens (including phenoxy) is 4. The molecule has 0 fully saturated rings. The van der Waals surface area contributed by atoms with Gasteiger partial charge < -0.3 is 33.8 Å². The van der Waals surface area contributed by atoms with E-state index in [0.717, 1.165) is 127 Å². The summed E-state index contributed by atoms with van der Waals surface area (Å²) >= 11 is 0. The molecule has 3 N–H and O–H groups in total. The van der Waals surface area contributed by atoms with Gasteiger partial charge in [-0.05, 0) is 69.1 Å². The van der Waals surface area contributed by atoms with Crippen LogP contribution in [0.1, 0.15) is 402 Å². The van der Waals surface area contributed by atoms with E-state index >= 15 is 0 Å². The van der Waals surface area contributed by atoms with Crippen LogP contribution in [0, 0.1) is 17.8 Å². The van der Waals surface area contributed by atoms with Gasteiger partial charge in [-0.3, -0.25) is 37.3 Å². The van der Waals surface area contributed by atoms with E-state index in [0.29, 0.717) is 25.7 Å². The number of hydrogen-bond acceptors (Lipinski definition) is 15. The average molecular weight is 1480 g/mol. The van der Waals surface area contributed by atoms with Gasteiger partial charge in [-0.2, -0.15) is 0 Å². The van der Waals surface area contributed by atoms with Crippen molar-refractivity contribution in [2.24, 2.45) is 17.8 Å². The van der Waals surface area contributed by atoms with Crippen molar-refractivity contribution in [3.63, 3.8) is 0 Å². The number of carbonyl (C=O) groups excluding carboxylic acids is 4. The lowest BCUT2D eigenvalue weighted by molar-refractivity contribution is -0.161. The van der Waals surface area contributed by atoms with Crippen molar-refractivity contribution in [3.8, 4) is 0 Å². The number of esters is 4. The Bertz CT molecular complexity index is 2050. The molecule has 0 aliphatic carbocycles. The first kappa shape index (κ1) is 98.5. The van der Waals surface area contributed by atoms with Crippen LogP contribution in [-0.4, -0.2) is 96.7 Å². The number of phosphoric ester groups is 2. The molecule has 596 valence electrons. The van der Waals surface area contributed by atoms with Gasteiger partial charge in [0.1, 0.15) is 19.3 Å². The van der Waals surface area contributed by atoms with Crippen molar-refractivity contribution in [2.45, 2.75) is 420 Å². The molecule has 6 atom stereocenters. The minimum absolute atomic E-state index is 0.0849. The fraction of sp³-hybridized carbons (Fsp3) is 0.902. The summed E-state index contributed by atoms with van der Waals surface area (Å²) in [6.45, 7) is 11.9. The van der Waals surface area contributed by atoms with E-state index in [1.165, 1.54) is 193 Å². The molecule has 0 spiro atoms. The lowest BCUT2D eigenvalue weighted by Crippen LogP contribution is -2.30. The van der Waals surface area contributed by atoms with Crippen LogP contribution in [0.15, 0.2) is 24.3 Å². The second-order valence-corrected chi connectivity index (χ2v) is 32.9. The quantitative estimate of drug-likeness (QED) is 0.0169. The van der Waals surface area contributed by atoms with Gasteiger partial charge in [-0.15, -0.1) is 0 Å². The Morgan fingerprint density at radius 3 is 0.881 bits per heavy atom. The summed E-state index contributed by atoms with van der Waals surface area (Å²) in [5.74, 6) is 0.186. The number of aliphatic hydroxyl groups excluding tert-OH is 1. The molecular weight excluding hydrogens is 1320 g/mol. The van der Waals surface area contributed by atoms with Crippen LogP contribution in [0.3, 0.4) is 0 Å². The molecule has 0 aromatic heterocycles. The maximum atomic E-state index is 13.1. The third-order valence-corrected chi connectivity index (χ3v) is 20.8. The molecular formula is C82H156O17P2. The van der Waals surface area contributed by atoms with Crippen LogP contribution in [0.5, 0.6) is 0 Å². The Balaban J connectivity index is 5.24. The summed E-state index contributed by atoms with van der Waals surface area (Å²) < 4.78 is 68.7. The molecule has 0 aliphatic heterocycles. The molecule has 0 aliphatic rings. The second kappa shape index (κ2) is 71.8. The Morgan fingerprint density at radius 1 is 0.327 bits per heavy atom. The number of allylic oxidation sites excluding steroid dienone is 4. The van der Waals surface area contributed by atoms with Crippen molar-refractivity contribution >= 4 is 39.5 Å². The number of aliphatic hydroxyl groups is 1. The molecule has 0 heterocycles. The highest BCUT2D eigenvalue weighted by molar-refractivity contribution is 7.47. The molecule has 3 unspecified atom stereocenters. The van der Waals surface area contributed by atoms with Gasteiger partial charge in [0.25, 0.3) is 0 Å². The summed E-state index contributed by atoms with van der Waals surface area (Å²) in [5, 5.41) is 10.6. The third-order valence-electron chi connectivity index (χ3n) is 18.9. The van der Waals surface area contributed by atoms with E-state index in [4.69, 9.17) is 37.0 Å². The summed E-state index contributed by atoms with van der Waals surface area (Å²) in [5.41, 5.74) is 0. The highest BCUT2D eigenvalue weighted by atomic mass is 31.2. The first-order chi connectivity index (χ1) is 48.8. The van der Waals surface area contributed by atoms with Gasteiger partial charge in [0.05, 0.1) is 26.4 Å². The highest BCUT2D eigenvalue weighted by Gasteiger charge is 2.30. The topological polar surface area (TPSA) is 237 Å². The minimum Gasteiger partial charge on any atom is -0.462 e. The third kappa shape index (κ3) is 74.2. The maximum absolute atomic E-state index is 13.1. The van der Waals surface area contributed by atoms with Gasteiger partial charge in [0.15, 0.2) is 12.2 Å². The Hall–Kier alpha value is -2.46. The Kier molecular flexibility index (Phi) is 70.0. The number of rotatable bonds is 78. The maximum Gasteiger partial charge on any atom is 0.472 e. The van der Waals surface area contributed by atoms with Gasteiger partial charge in [-0.25, -0.2) is 9.13 Å². The molecule has 0 aromatic rings. The fourth-order valence-electron chi connectivity index (χ4n) is 12.1. The number of phosphoric acid groups is 2. The zero-order valence-electron chi connectivity index (χ0n) is 65.9. The molecule has 101 heavy (non-hydrogen) atoms. The summed E-state index contributed by atoms with van der Waals surface area (Å²) in [6, 6.07) is 0. The van der Waals surface area contributed by atoms with Crippen molar-refractivity contribution in [3.05, 3.63) is 24.3 Å². The highest BCUT2D eigenvalue weighted by Crippen LogP contribution is 2.45. The van der Waals surface area contributed by atoms with Gasteiger partial charge in [-0.1, -0.05) is 349 Å². The smallest absolute Gasteiger partial charge is 0.462 e. The van der Waals surface area contributed by atoms with Crippen LogP contribution in [0.2, 0.25) is 0 Å². The fourth-order valence-corrected chi connectivity index (χ4v) is 13.7. The Labute approximate surface area is 618 Å². The van der Waals surface area contributed by atoms with E-state index < -0.39 is 97.5 Å². The summed E-state index contributed by atoms with van der Waals surface area (Å²) in [6.07, 6.45) is 63.3. The summed E-state index contributed by atoms with van der Waals surface area (Å²) in [4.78, 5) is 73.0. The molecule has 0 aromatic carbocycles. The molecule has 0 saturated carbocycles. The second-order valence-electron chi connectivity index (χ2n) is 30.0. The van der Waals surface area contributed by atoms with Crippen molar-refractivity contribution in [2.75, 3.05) is 39.6 Å². The molecule has 0 bridgehead atoms. The number of hydrogen-bond donors (Lipinski definition) is 3. The molecule has 17 nitrogen and oxygen atoms in total. The number of unbranched alkanes of at least 4 members (excludes halogenated alkanes) is 42. The van der Waals surface area contributed by atoms with Gasteiger partial charge >= 0.3 is 39.5 Å². The number of carbonyl (C=O) groups is 4. The lowest BCUT2D eigenvalue weighted by Gasteiger charge is -2.21.